The summed E-state index contributed by atoms with van der Waals surface area (Å²) in [4.78, 5) is 13.1. The summed E-state index contributed by atoms with van der Waals surface area (Å²) in [6, 6.07) is 22.6. The van der Waals surface area contributed by atoms with Crippen molar-refractivity contribution >= 4 is 40.6 Å². The van der Waals surface area contributed by atoms with Crippen LogP contribution in [0.1, 0.15) is 37.7 Å². The van der Waals surface area contributed by atoms with Gasteiger partial charge in [0.2, 0.25) is 0 Å². The summed E-state index contributed by atoms with van der Waals surface area (Å²) in [5.41, 5.74) is 1.73. The lowest BCUT2D eigenvalue weighted by Crippen LogP contribution is -2.33. The molecule has 1 saturated carbocycles. The van der Waals surface area contributed by atoms with Crippen LogP contribution >= 0.6 is 18.2 Å². The van der Waals surface area contributed by atoms with Crippen molar-refractivity contribution in [3.05, 3.63) is 78.4 Å². The van der Waals surface area contributed by atoms with E-state index in [1.807, 2.05) is 72.8 Å². The van der Waals surface area contributed by atoms with Crippen LogP contribution in [0.3, 0.4) is 0 Å². The fraction of sp³-hybridized carbons (Fsp3) is 0.320. The quantitative estimate of drug-likeness (QED) is 0.355. The van der Waals surface area contributed by atoms with Crippen molar-refractivity contribution in [1.82, 2.24) is 0 Å². The summed E-state index contributed by atoms with van der Waals surface area (Å²) in [5, 5.41) is 5.32. The van der Waals surface area contributed by atoms with Crippen LogP contribution in [-0.2, 0) is 24.8 Å². The van der Waals surface area contributed by atoms with E-state index in [1.165, 1.54) is 0 Å². The van der Waals surface area contributed by atoms with Crippen molar-refractivity contribution in [3.8, 4) is 0 Å². The van der Waals surface area contributed by atoms with E-state index in [9.17, 15) is 9.36 Å². The molecular formula is C25H27ClNO4P. The molecule has 1 N–H and O–H groups in total. The normalized spacial score (nSPS) is 17.4. The van der Waals surface area contributed by atoms with Crippen LogP contribution in [0.5, 0.6) is 0 Å². The lowest BCUT2D eigenvalue weighted by molar-refractivity contribution is -0.135. The lowest BCUT2D eigenvalue weighted by atomic mass is 9.98. The first-order chi connectivity index (χ1) is 15.5. The highest BCUT2D eigenvalue weighted by molar-refractivity contribution is 7.81. The van der Waals surface area contributed by atoms with Gasteiger partial charge in [0.05, 0.1) is 6.10 Å². The predicted molar refractivity (Wildman–Crippen MR) is 129 cm³/mol. The fourth-order valence-electron chi connectivity index (χ4n) is 4.12. The Balaban J connectivity index is 1.54. The van der Waals surface area contributed by atoms with E-state index < -0.39 is 19.0 Å². The number of anilines is 1. The molecule has 3 aromatic carbocycles. The third-order valence-corrected chi connectivity index (χ3v) is 7.11. The van der Waals surface area contributed by atoms with Crippen LogP contribution in [0, 0.1) is 0 Å². The van der Waals surface area contributed by atoms with Gasteiger partial charge in [-0.25, -0.2) is 9.36 Å². The minimum absolute atomic E-state index is 0.238. The Hall–Kier alpha value is -2.33. The molecule has 0 saturated heterocycles. The molecule has 3 aromatic rings. The summed E-state index contributed by atoms with van der Waals surface area (Å²) >= 11 is 6.07. The molecule has 168 valence electrons. The molecule has 5 nitrogen and oxygen atoms in total. The van der Waals surface area contributed by atoms with Crippen LogP contribution in [0.4, 0.5) is 5.69 Å². The van der Waals surface area contributed by atoms with Crippen LogP contribution in [-0.4, -0.2) is 18.1 Å². The van der Waals surface area contributed by atoms with Gasteiger partial charge in [-0.2, -0.15) is 0 Å². The molecular weight excluding hydrogens is 445 g/mol. The second kappa shape index (κ2) is 10.5. The first kappa shape index (κ1) is 22.8. The third-order valence-electron chi connectivity index (χ3n) is 5.71. The monoisotopic (exact) mass is 471 g/mol. The summed E-state index contributed by atoms with van der Waals surface area (Å²) in [7, 11) is 0. The molecule has 7 heteroatoms. The van der Waals surface area contributed by atoms with Crippen LogP contribution in [0.25, 0.3) is 10.8 Å². The van der Waals surface area contributed by atoms with Gasteiger partial charge in [0.1, 0.15) is 6.04 Å². The molecule has 1 fully saturated rings. The Labute approximate surface area is 193 Å². The number of hydrogen-bond donors (Lipinski definition) is 1. The third kappa shape index (κ3) is 6.13. The van der Waals surface area contributed by atoms with E-state index in [4.69, 9.17) is 20.3 Å². The van der Waals surface area contributed by atoms with Crippen LogP contribution < -0.4 is 5.32 Å². The Bertz CT molecular complexity index is 1100. The van der Waals surface area contributed by atoms with Gasteiger partial charge in [0.15, 0.2) is 0 Å². The molecule has 1 unspecified atom stereocenters. The van der Waals surface area contributed by atoms with E-state index in [1.54, 1.807) is 0 Å². The molecule has 0 bridgehead atoms. The average molecular weight is 472 g/mol. The second-order valence-corrected chi connectivity index (χ2v) is 10.6. The maximum absolute atomic E-state index is 13.1. The van der Waals surface area contributed by atoms with Crippen LogP contribution in [0.2, 0.25) is 0 Å². The molecule has 0 aromatic heterocycles. The standard InChI is InChI=1S/C25H27ClNO4P/c26-32(29,30-21-14-5-2-6-15-21)31-25(28)24(18-19-10-3-1-4-11-19)27-23-17-9-13-20-12-7-8-16-22(20)23/h1,3-4,7-13,16-17,21,24,27H,2,5-6,14-15,18H2/t24-,32?/m0/s1. The first-order valence-electron chi connectivity index (χ1n) is 11.0. The predicted octanol–water partition coefficient (Wildman–Crippen LogP) is 7.10. The number of halogens is 1. The number of carbonyl (C=O) groups is 1. The topological polar surface area (TPSA) is 64.6 Å². The van der Waals surface area contributed by atoms with Gasteiger partial charge in [-0.05, 0) is 29.9 Å². The van der Waals surface area contributed by atoms with Gasteiger partial charge in [0.25, 0.3) is 0 Å². The number of hydrogen-bond acceptors (Lipinski definition) is 5. The van der Waals surface area contributed by atoms with E-state index in [0.717, 1.165) is 54.1 Å². The summed E-state index contributed by atoms with van der Waals surface area (Å²) in [6.45, 7) is -4.05. The molecule has 0 heterocycles. The minimum Gasteiger partial charge on any atom is -0.379 e. The van der Waals surface area contributed by atoms with Crippen molar-refractivity contribution < 1.29 is 18.4 Å². The Morgan fingerprint density at radius 1 is 0.969 bits per heavy atom. The van der Waals surface area contributed by atoms with Gasteiger partial charge < -0.3 is 9.84 Å². The largest absolute Gasteiger partial charge is 0.479 e. The van der Waals surface area contributed by atoms with Crippen molar-refractivity contribution in [2.45, 2.75) is 50.7 Å². The van der Waals surface area contributed by atoms with Gasteiger partial charge >= 0.3 is 12.9 Å². The van der Waals surface area contributed by atoms with E-state index in [0.29, 0.717) is 6.42 Å². The number of benzene rings is 3. The van der Waals surface area contributed by atoms with Crippen molar-refractivity contribution in [3.63, 3.8) is 0 Å². The van der Waals surface area contributed by atoms with E-state index in [2.05, 4.69) is 5.32 Å². The molecule has 2 atom stereocenters. The highest BCUT2D eigenvalue weighted by atomic mass is 35.7. The maximum Gasteiger partial charge on any atom is 0.479 e. The second-order valence-electron chi connectivity index (χ2n) is 8.12. The average Bonchev–Trinajstić information content (AvgIpc) is 2.79. The maximum atomic E-state index is 13.1. The summed E-state index contributed by atoms with van der Waals surface area (Å²) in [6.07, 6.45) is 4.78. The first-order valence-corrected chi connectivity index (χ1v) is 13.4. The number of carbonyl (C=O) groups excluding carboxylic acids is 1. The minimum atomic E-state index is -4.05. The molecule has 0 radical (unpaired) electrons. The van der Waals surface area contributed by atoms with E-state index >= 15 is 0 Å². The van der Waals surface area contributed by atoms with Crippen molar-refractivity contribution in [2.24, 2.45) is 0 Å². The summed E-state index contributed by atoms with van der Waals surface area (Å²) in [5.74, 6) is -0.698. The number of nitrogens with one attached hydrogen (secondary N) is 1. The summed E-state index contributed by atoms with van der Waals surface area (Å²) < 4.78 is 23.6. The zero-order chi connectivity index (χ0) is 22.4. The number of fused-ring (bicyclic) bond motifs is 1. The Morgan fingerprint density at radius 2 is 1.66 bits per heavy atom. The molecule has 1 aliphatic rings. The lowest BCUT2D eigenvalue weighted by Gasteiger charge is -2.25. The van der Waals surface area contributed by atoms with E-state index in [-0.39, 0.29) is 6.10 Å². The van der Waals surface area contributed by atoms with Crippen molar-refractivity contribution in [1.29, 1.82) is 0 Å². The van der Waals surface area contributed by atoms with Crippen LogP contribution in [0.15, 0.2) is 72.8 Å². The molecule has 1 aliphatic carbocycles. The van der Waals surface area contributed by atoms with Gasteiger partial charge in [-0.15, -0.1) is 0 Å². The zero-order valence-corrected chi connectivity index (χ0v) is 19.4. The molecule has 0 aliphatic heterocycles. The number of rotatable bonds is 8. The van der Waals surface area contributed by atoms with Crippen molar-refractivity contribution in [2.75, 3.05) is 5.32 Å². The smallest absolute Gasteiger partial charge is 0.379 e. The fourth-order valence-corrected chi connectivity index (χ4v) is 5.62. The molecule has 0 spiro atoms. The molecule has 0 amide bonds. The Kier molecular flexibility index (Phi) is 7.51. The van der Waals surface area contributed by atoms with Gasteiger partial charge in [-0.1, -0.05) is 86.0 Å². The zero-order valence-electron chi connectivity index (χ0n) is 17.8. The Morgan fingerprint density at radius 3 is 2.44 bits per heavy atom. The van der Waals surface area contributed by atoms with Gasteiger partial charge in [-0.3, -0.25) is 4.52 Å². The molecule has 32 heavy (non-hydrogen) atoms. The van der Waals surface area contributed by atoms with Gasteiger partial charge in [0, 0.05) is 28.7 Å². The highest BCUT2D eigenvalue weighted by Gasteiger charge is 2.34. The highest BCUT2D eigenvalue weighted by Crippen LogP contribution is 2.56. The molecule has 4 rings (SSSR count). The SMILES string of the molecule is O=C(OP(=O)(Cl)OC1CCCCC1)[C@H](Cc1ccccc1)Nc1cccc2ccccc12.